The van der Waals surface area contributed by atoms with Gasteiger partial charge in [-0.2, -0.15) is 0 Å². The van der Waals surface area contributed by atoms with Gasteiger partial charge in [-0.3, -0.25) is 4.90 Å². The van der Waals surface area contributed by atoms with Gasteiger partial charge in [-0.1, -0.05) is 38.1 Å². The Kier molecular flexibility index (Phi) is 8.22. The molecule has 0 aromatic heterocycles. The Balaban J connectivity index is 1.93. The van der Waals surface area contributed by atoms with Gasteiger partial charge in [0.15, 0.2) is 5.96 Å². The van der Waals surface area contributed by atoms with E-state index >= 15 is 0 Å². The second kappa shape index (κ2) is 10.4. The quantitative estimate of drug-likeness (QED) is 0.589. The first-order valence-electron chi connectivity index (χ1n) is 9.50. The highest BCUT2D eigenvalue weighted by atomic mass is 16.5. The lowest BCUT2D eigenvalue weighted by atomic mass is 10.1. The molecule has 2 N–H and O–H groups in total. The Morgan fingerprint density at radius 1 is 1.32 bits per heavy atom. The number of aliphatic imine (C=N–C) groups is 1. The van der Waals surface area contributed by atoms with Crippen molar-refractivity contribution in [3.05, 3.63) is 35.4 Å². The molecule has 2 rings (SSSR count). The number of nitrogens with one attached hydrogen (secondary N) is 2. The molecule has 1 unspecified atom stereocenters. The monoisotopic (exact) mass is 346 g/mol. The van der Waals surface area contributed by atoms with Gasteiger partial charge in [-0.05, 0) is 30.9 Å². The van der Waals surface area contributed by atoms with Crippen LogP contribution in [-0.4, -0.2) is 49.7 Å². The van der Waals surface area contributed by atoms with Crippen LogP contribution in [0.1, 0.15) is 38.8 Å². The zero-order chi connectivity index (χ0) is 18.1. The highest BCUT2D eigenvalue weighted by molar-refractivity contribution is 5.79. The first-order valence-corrected chi connectivity index (χ1v) is 9.50. The molecule has 0 spiro atoms. The third-order valence-corrected chi connectivity index (χ3v) is 4.16. The van der Waals surface area contributed by atoms with Crippen molar-refractivity contribution in [1.82, 2.24) is 15.5 Å². The smallest absolute Gasteiger partial charge is 0.191 e. The van der Waals surface area contributed by atoms with E-state index in [2.05, 4.69) is 67.5 Å². The summed E-state index contributed by atoms with van der Waals surface area (Å²) in [6.07, 6.45) is 0.330. The first-order chi connectivity index (χ1) is 12.1. The van der Waals surface area contributed by atoms with Gasteiger partial charge in [-0.25, -0.2) is 4.99 Å². The lowest BCUT2D eigenvalue weighted by molar-refractivity contribution is -0.0212. The summed E-state index contributed by atoms with van der Waals surface area (Å²) in [6, 6.07) is 8.77. The van der Waals surface area contributed by atoms with Crippen LogP contribution in [0, 0.1) is 5.92 Å². The molecule has 1 heterocycles. The van der Waals surface area contributed by atoms with Crippen LogP contribution in [0.4, 0.5) is 0 Å². The number of hydrogen-bond donors (Lipinski definition) is 2. The van der Waals surface area contributed by atoms with Gasteiger partial charge in [0.2, 0.25) is 0 Å². The van der Waals surface area contributed by atoms with E-state index in [0.717, 1.165) is 45.3 Å². The van der Waals surface area contributed by atoms with Crippen molar-refractivity contribution in [2.45, 2.75) is 46.9 Å². The second-order valence-electron chi connectivity index (χ2n) is 7.21. The molecule has 140 valence electrons. The second-order valence-corrected chi connectivity index (χ2v) is 7.21. The summed E-state index contributed by atoms with van der Waals surface area (Å²) in [4.78, 5) is 7.18. The molecule has 1 aromatic carbocycles. The standard InChI is InChI=1S/C20H34N4O/c1-5-21-20(22-12-16(2)3)23-13-18-7-6-8-19(11-18)15-24-9-10-25-17(4)14-24/h6-8,11,16-17H,5,9-10,12-15H2,1-4H3,(H2,21,22,23). The van der Waals surface area contributed by atoms with Crippen LogP contribution < -0.4 is 10.6 Å². The average Bonchev–Trinajstić information content (AvgIpc) is 2.57. The number of ether oxygens (including phenoxy) is 1. The fourth-order valence-corrected chi connectivity index (χ4v) is 2.93. The normalized spacial score (nSPS) is 19.2. The van der Waals surface area contributed by atoms with Gasteiger partial charge in [0, 0.05) is 32.7 Å². The van der Waals surface area contributed by atoms with Crippen molar-refractivity contribution < 1.29 is 4.74 Å². The fourth-order valence-electron chi connectivity index (χ4n) is 2.93. The van der Waals surface area contributed by atoms with Crippen molar-refractivity contribution in [3.63, 3.8) is 0 Å². The lowest BCUT2D eigenvalue weighted by Crippen LogP contribution is -2.40. The number of benzene rings is 1. The molecular weight excluding hydrogens is 312 g/mol. The Morgan fingerprint density at radius 3 is 2.84 bits per heavy atom. The average molecular weight is 347 g/mol. The van der Waals surface area contributed by atoms with Gasteiger partial charge in [-0.15, -0.1) is 0 Å². The molecule has 1 fully saturated rings. The zero-order valence-electron chi connectivity index (χ0n) is 16.2. The summed E-state index contributed by atoms with van der Waals surface area (Å²) in [5.74, 6) is 1.49. The summed E-state index contributed by atoms with van der Waals surface area (Å²) < 4.78 is 5.62. The van der Waals surface area contributed by atoms with Crippen molar-refractivity contribution in [2.24, 2.45) is 10.9 Å². The number of rotatable bonds is 7. The first kappa shape index (κ1) is 19.7. The fraction of sp³-hybridized carbons (Fsp3) is 0.650. The molecule has 0 saturated carbocycles. The van der Waals surface area contributed by atoms with E-state index in [1.807, 2.05) is 0 Å². The van der Waals surface area contributed by atoms with Crippen LogP contribution in [0.3, 0.4) is 0 Å². The van der Waals surface area contributed by atoms with Gasteiger partial charge in [0.05, 0.1) is 19.3 Å². The molecule has 5 heteroatoms. The van der Waals surface area contributed by atoms with Gasteiger partial charge in [0.1, 0.15) is 0 Å². The summed E-state index contributed by atoms with van der Waals surface area (Å²) in [6.45, 7) is 15.0. The highest BCUT2D eigenvalue weighted by Crippen LogP contribution is 2.12. The van der Waals surface area contributed by atoms with Crippen LogP contribution in [0.5, 0.6) is 0 Å². The molecule has 1 saturated heterocycles. The van der Waals surface area contributed by atoms with Crippen molar-refractivity contribution in [1.29, 1.82) is 0 Å². The largest absolute Gasteiger partial charge is 0.376 e. The SMILES string of the molecule is CCNC(=NCc1cccc(CN2CCOC(C)C2)c1)NCC(C)C. The lowest BCUT2D eigenvalue weighted by Gasteiger charge is -2.31. The predicted molar refractivity (Wildman–Crippen MR) is 105 cm³/mol. The minimum absolute atomic E-state index is 0.330. The van der Waals surface area contributed by atoms with Crippen LogP contribution >= 0.6 is 0 Å². The maximum Gasteiger partial charge on any atom is 0.191 e. The summed E-state index contributed by atoms with van der Waals surface area (Å²) >= 11 is 0. The summed E-state index contributed by atoms with van der Waals surface area (Å²) in [7, 11) is 0. The predicted octanol–water partition coefficient (Wildman–Crippen LogP) is 2.62. The van der Waals surface area contributed by atoms with E-state index < -0.39 is 0 Å². The zero-order valence-corrected chi connectivity index (χ0v) is 16.2. The topological polar surface area (TPSA) is 48.9 Å². The number of morpholine rings is 1. The van der Waals surface area contributed by atoms with Crippen molar-refractivity contribution in [3.8, 4) is 0 Å². The van der Waals surface area contributed by atoms with E-state index in [9.17, 15) is 0 Å². The maximum atomic E-state index is 5.62. The molecule has 0 aliphatic carbocycles. The van der Waals surface area contributed by atoms with Gasteiger partial charge in [0.25, 0.3) is 0 Å². The molecule has 0 amide bonds. The molecule has 1 aliphatic rings. The Hall–Kier alpha value is -1.59. The van der Waals surface area contributed by atoms with Crippen LogP contribution in [0.15, 0.2) is 29.3 Å². The molecule has 1 aliphatic heterocycles. The molecule has 0 radical (unpaired) electrons. The van der Waals surface area contributed by atoms with Gasteiger partial charge < -0.3 is 15.4 Å². The van der Waals surface area contributed by atoms with Crippen LogP contribution in [0.25, 0.3) is 0 Å². The van der Waals surface area contributed by atoms with E-state index in [1.165, 1.54) is 11.1 Å². The summed E-state index contributed by atoms with van der Waals surface area (Å²) in [5.41, 5.74) is 2.60. The molecule has 25 heavy (non-hydrogen) atoms. The summed E-state index contributed by atoms with van der Waals surface area (Å²) in [5, 5.41) is 6.70. The maximum absolute atomic E-state index is 5.62. The van der Waals surface area contributed by atoms with E-state index in [-0.39, 0.29) is 0 Å². The molecular formula is C20H34N4O. The minimum Gasteiger partial charge on any atom is -0.376 e. The van der Waals surface area contributed by atoms with Crippen molar-refractivity contribution in [2.75, 3.05) is 32.8 Å². The Morgan fingerprint density at radius 2 is 2.12 bits per heavy atom. The van der Waals surface area contributed by atoms with E-state index in [4.69, 9.17) is 9.73 Å². The molecule has 1 atom stereocenters. The number of guanidine groups is 1. The van der Waals surface area contributed by atoms with Gasteiger partial charge >= 0.3 is 0 Å². The van der Waals surface area contributed by atoms with E-state index in [0.29, 0.717) is 18.6 Å². The third kappa shape index (κ3) is 7.45. The van der Waals surface area contributed by atoms with Crippen LogP contribution in [0.2, 0.25) is 0 Å². The van der Waals surface area contributed by atoms with Crippen LogP contribution in [-0.2, 0) is 17.8 Å². The minimum atomic E-state index is 0.330. The van der Waals surface area contributed by atoms with Crippen molar-refractivity contribution >= 4 is 5.96 Å². The van der Waals surface area contributed by atoms with E-state index in [1.54, 1.807) is 0 Å². The Bertz CT molecular complexity index is 544. The molecule has 5 nitrogen and oxygen atoms in total. The number of nitrogens with zero attached hydrogens (tertiary/aromatic N) is 2. The highest BCUT2D eigenvalue weighted by Gasteiger charge is 2.16. The Labute approximate surface area is 152 Å². The molecule has 1 aromatic rings. The third-order valence-electron chi connectivity index (χ3n) is 4.16. The number of hydrogen-bond acceptors (Lipinski definition) is 3. The molecule has 0 bridgehead atoms.